The SMILES string of the molecule is c1cnc2nc(-c3ccc(-n4c5ccccc5c5ccccc54)cn3)oc2c1. The summed E-state index contributed by atoms with van der Waals surface area (Å²) in [6, 6.07) is 24.5. The van der Waals surface area contributed by atoms with E-state index in [2.05, 4.69) is 68.0 Å². The Bertz CT molecular complexity index is 1370. The molecule has 28 heavy (non-hydrogen) atoms. The summed E-state index contributed by atoms with van der Waals surface area (Å²) in [5.41, 5.74) is 5.24. The lowest BCUT2D eigenvalue weighted by Gasteiger charge is -2.07. The van der Waals surface area contributed by atoms with Crippen molar-refractivity contribution in [2.75, 3.05) is 0 Å². The van der Waals surface area contributed by atoms with Crippen LogP contribution in [0.4, 0.5) is 0 Å². The van der Waals surface area contributed by atoms with E-state index in [4.69, 9.17) is 4.42 Å². The largest absolute Gasteiger partial charge is 0.433 e. The monoisotopic (exact) mass is 362 g/mol. The lowest BCUT2D eigenvalue weighted by atomic mass is 10.2. The number of oxazole rings is 1. The van der Waals surface area contributed by atoms with Gasteiger partial charge in [0.15, 0.2) is 11.2 Å². The zero-order valence-corrected chi connectivity index (χ0v) is 14.8. The zero-order valence-electron chi connectivity index (χ0n) is 14.8. The summed E-state index contributed by atoms with van der Waals surface area (Å²) in [7, 11) is 0. The van der Waals surface area contributed by atoms with Crippen molar-refractivity contribution in [2.45, 2.75) is 0 Å². The highest BCUT2D eigenvalue weighted by molar-refractivity contribution is 6.09. The van der Waals surface area contributed by atoms with Crippen LogP contribution in [-0.2, 0) is 0 Å². The number of pyridine rings is 2. The molecular formula is C23H14N4O. The standard InChI is InChI=1S/C23H14N4O/c1-3-8-19-16(6-1)17-7-2-4-9-20(17)27(19)15-11-12-18(25-14-15)23-26-22-21(28-23)10-5-13-24-22/h1-14H. The third-order valence-electron chi connectivity index (χ3n) is 4.97. The highest BCUT2D eigenvalue weighted by Crippen LogP contribution is 2.32. The van der Waals surface area contributed by atoms with Crippen LogP contribution in [0.2, 0.25) is 0 Å². The number of benzene rings is 2. The summed E-state index contributed by atoms with van der Waals surface area (Å²) in [4.78, 5) is 13.3. The number of para-hydroxylation sites is 2. The van der Waals surface area contributed by atoms with Crippen molar-refractivity contribution < 1.29 is 4.42 Å². The molecule has 132 valence electrons. The number of hydrogen-bond acceptors (Lipinski definition) is 4. The van der Waals surface area contributed by atoms with Gasteiger partial charge in [0.05, 0.1) is 22.9 Å². The van der Waals surface area contributed by atoms with E-state index in [1.54, 1.807) is 6.20 Å². The van der Waals surface area contributed by atoms with Gasteiger partial charge in [-0.15, -0.1) is 0 Å². The van der Waals surface area contributed by atoms with E-state index in [0.29, 0.717) is 22.8 Å². The van der Waals surface area contributed by atoms with E-state index in [1.165, 1.54) is 10.8 Å². The first-order chi connectivity index (χ1) is 13.9. The van der Waals surface area contributed by atoms with Gasteiger partial charge in [0.2, 0.25) is 5.89 Å². The number of hydrogen-bond donors (Lipinski definition) is 0. The topological polar surface area (TPSA) is 56.7 Å². The van der Waals surface area contributed by atoms with Gasteiger partial charge in [-0.05, 0) is 36.4 Å². The summed E-state index contributed by atoms with van der Waals surface area (Å²) in [5, 5.41) is 2.46. The Morgan fingerprint density at radius 1 is 0.714 bits per heavy atom. The predicted molar refractivity (Wildman–Crippen MR) is 109 cm³/mol. The molecule has 6 rings (SSSR count). The molecule has 0 radical (unpaired) electrons. The molecule has 2 aromatic carbocycles. The van der Waals surface area contributed by atoms with E-state index in [9.17, 15) is 0 Å². The molecule has 6 aromatic rings. The van der Waals surface area contributed by atoms with Crippen molar-refractivity contribution in [1.82, 2.24) is 19.5 Å². The molecule has 4 heterocycles. The molecule has 5 nitrogen and oxygen atoms in total. The fraction of sp³-hybridized carbons (Fsp3) is 0. The first kappa shape index (κ1) is 15.1. The average molecular weight is 362 g/mol. The van der Waals surface area contributed by atoms with Crippen molar-refractivity contribution in [3.63, 3.8) is 0 Å². The Morgan fingerprint density at radius 3 is 2.14 bits per heavy atom. The lowest BCUT2D eigenvalue weighted by molar-refractivity contribution is 0.616. The van der Waals surface area contributed by atoms with Crippen LogP contribution in [0.5, 0.6) is 0 Å². The second-order valence-electron chi connectivity index (χ2n) is 6.62. The predicted octanol–water partition coefficient (Wildman–Crippen LogP) is 5.38. The zero-order chi connectivity index (χ0) is 18.5. The van der Waals surface area contributed by atoms with Crippen LogP contribution in [0, 0.1) is 0 Å². The molecule has 0 unspecified atom stereocenters. The van der Waals surface area contributed by atoms with Gasteiger partial charge in [0.1, 0.15) is 5.69 Å². The lowest BCUT2D eigenvalue weighted by Crippen LogP contribution is -1.95. The summed E-state index contributed by atoms with van der Waals surface area (Å²) >= 11 is 0. The third kappa shape index (κ3) is 2.16. The molecule has 5 heteroatoms. The van der Waals surface area contributed by atoms with Crippen LogP contribution in [-0.4, -0.2) is 19.5 Å². The summed E-state index contributed by atoms with van der Waals surface area (Å²) in [6.45, 7) is 0. The average Bonchev–Trinajstić information content (AvgIpc) is 3.33. The minimum atomic E-state index is 0.475. The second kappa shape index (κ2) is 5.76. The molecule has 4 aromatic heterocycles. The minimum Gasteiger partial charge on any atom is -0.433 e. The normalized spacial score (nSPS) is 11.6. The van der Waals surface area contributed by atoms with Crippen molar-refractivity contribution in [2.24, 2.45) is 0 Å². The first-order valence-corrected chi connectivity index (χ1v) is 9.05. The Labute approximate surface area is 159 Å². The molecule has 0 fully saturated rings. The van der Waals surface area contributed by atoms with Crippen molar-refractivity contribution in [3.8, 4) is 17.3 Å². The van der Waals surface area contributed by atoms with Gasteiger partial charge in [0.25, 0.3) is 0 Å². The maximum absolute atomic E-state index is 5.78. The highest BCUT2D eigenvalue weighted by atomic mass is 16.3. The van der Waals surface area contributed by atoms with Crippen molar-refractivity contribution in [1.29, 1.82) is 0 Å². The molecule has 0 spiro atoms. The summed E-state index contributed by atoms with van der Waals surface area (Å²) < 4.78 is 8.01. The van der Waals surface area contributed by atoms with Crippen LogP contribution in [0.25, 0.3) is 50.3 Å². The molecule has 0 atom stereocenters. The maximum atomic E-state index is 5.78. The van der Waals surface area contributed by atoms with Gasteiger partial charge < -0.3 is 8.98 Å². The number of aromatic nitrogens is 4. The molecule has 0 aliphatic heterocycles. The van der Waals surface area contributed by atoms with Gasteiger partial charge in [-0.2, -0.15) is 4.98 Å². The Balaban J connectivity index is 1.52. The molecule has 0 bridgehead atoms. The van der Waals surface area contributed by atoms with Crippen LogP contribution < -0.4 is 0 Å². The molecule has 0 saturated heterocycles. The van der Waals surface area contributed by atoms with Crippen LogP contribution in [0.1, 0.15) is 0 Å². The fourth-order valence-corrected chi connectivity index (χ4v) is 3.72. The number of fused-ring (bicyclic) bond motifs is 4. The molecule has 0 aliphatic rings. The van der Waals surface area contributed by atoms with Crippen LogP contribution in [0.3, 0.4) is 0 Å². The smallest absolute Gasteiger partial charge is 0.247 e. The fourth-order valence-electron chi connectivity index (χ4n) is 3.72. The van der Waals surface area contributed by atoms with Gasteiger partial charge in [-0.3, -0.25) is 0 Å². The highest BCUT2D eigenvalue weighted by Gasteiger charge is 2.13. The van der Waals surface area contributed by atoms with Crippen molar-refractivity contribution >= 4 is 33.0 Å². The Hall–Kier alpha value is -3.99. The number of nitrogens with zero attached hydrogens (tertiary/aromatic N) is 4. The van der Waals surface area contributed by atoms with Crippen molar-refractivity contribution in [3.05, 3.63) is 85.2 Å². The summed E-state index contributed by atoms with van der Waals surface area (Å²) in [6.07, 6.45) is 3.56. The number of rotatable bonds is 2. The van der Waals surface area contributed by atoms with E-state index in [0.717, 1.165) is 16.7 Å². The van der Waals surface area contributed by atoms with Crippen LogP contribution >= 0.6 is 0 Å². The molecular weight excluding hydrogens is 348 g/mol. The van der Waals surface area contributed by atoms with E-state index < -0.39 is 0 Å². The third-order valence-corrected chi connectivity index (χ3v) is 4.97. The molecule has 0 amide bonds. The maximum Gasteiger partial charge on any atom is 0.247 e. The van der Waals surface area contributed by atoms with Gasteiger partial charge >= 0.3 is 0 Å². The quantitative estimate of drug-likeness (QED) is 0.415. The van der Waals surface area contributed by atoms with Gasteiger partial charge in [-0.1, -0.05) is 36.4 Å². The second-order valence-corrected chi connectivity index (χ2v) is 6.62. The van der Waals surface area contributed by atoms with Gasteiger partial charge in [-0.25, -0.2) is 9.97 Å². The minimum absolute atomic E-state index is 0.475. The summed E-state index contributed by atoms with van der Waals surface area (Å²) in [5.74, 6) is 0.475. The van der Waals surface area contributed by atoms with E-state index >= 15 is 0 Å². The Kier molecular flexibility index (Phi) is 3.10. The first-order valence-electron chi connectivity index (χ1n) is 9.05. The van der Waals surface area contributed by atoms with Gasteiger partial charge in [0, 0.05) is 17.0 Å². The van der Waals surface area contributed by atoms with E-state index in [-0.39, 0.29) is 0 Å². The Morgan fingerprint density at radius 2 is 1.46 bits per heavy atom. The molecule has 0 aliphatic carbocycles. The van der Waals surface area contributed by atoms with E-state index in [1.807, 2.05) is 30.5 Å². The molecule has 0 N–H and O–H groups in total. The van der Waals surface area contributed by atoms with Crippen LogP contribution in [0.15, 0.2) is 89.6 Å². The molecule has 0 saturated carbocycles.